The fourth-order valence-electron chi connectivity index (χ4n) is 2.16. The van der Waals surface area contributed by atoms with Crippen LogP contribution in [0.5, 0.6) is 0 Å². The van der Waals surface area contributed by atoms with Gasteiger partial charge in [0.15, 0.2) is 0 Å². The zero-order valence-corrected chi connectivity index (χ0v) is 9.64. The molecule has 2 heterocycles. The fraction of sp³-hybridized carbons (Fsp3) is 0.545. The maximum absolute atomic E-state index is 10.9. The van der Waals surface area contributed by atoms with Crippen molar-refractivity contribution in [3.05, 3.63) is 34.2 Å². The number of aromatic amines is 1. The fourth-order valence-corrected chi connectivity index (χ4v) is 2.16. The molecule has 1 aliphatic heterocycles. The minimum atomic E-state index is -0.0182. The maximum atomic E-state index is 10.9. The Bertz CT molecular complexity index is 343. The zero-order valence-electron chi connectivity index (χ0n) is 8.82. The van der Waals surface area contributed by atoms with Crippen LogP contribution in [0.25, 0.3) is 0 Å². The second-order valence-electron chi connectivity index (χ2n) is 4.06. The second kappa shape index (κ2) is 5.33. The van der Waals surface area contributed by atoms with Gasteiger partial charge in [0.05, 0.1) is 0 Å². The van der Waals surface area contributed by atoms with Crippen LogP contribution in [0.4, 0.5) is 0 Å². The minimum Gasteiger partial charge on any atom is -0.329 e. The average molecular weight is 229 g/mol. The summed E-state index contributed by atoms with van der Waals surface area (Å²) in [6.45, 7) is 4.40. The Morgan fingerprint density at radius 1 is 1.40 bits per heavy atom. The normalized spacial score (nSPS) is 25.7. The van der Waals surface area contributed by atoms with Crippen LogP contribution in [0.3, 0.4) is 0 Å². The molecule has 0 aliphatic carbocycles. The molecule has 4 heteroatoms. The van der Waals surface area contributed by atoms with E-state index in [1.165, 1.54) is 5.56 Å². The van der Waals surface area contributed by atoms with E-state index in [-0.39, 0.29) is 18.0 Å². The summed E-state index contributed by atoms with van der Waals surface area (Å²) >= 11 is 0. The van der Waals surface area contributed by atoms with Gasteiger partial charge in [-0.3, -0.25) is 4.79 Å². The molecule has 0 amide bonds. The molecule has 1 aromatic rings. The summed E-state index contributed by atoms with van der Waals surface area (Å²) in [6.07, 6.45) is 3.02. The van der Waals surface area contributed by atoms with E-state index in [0.717, 1.165) is 19.5 Å². The summed E-state index contributed by atoms with van der Waals surface area (Å²) in [6, 6.07) is 3.56. The zero-order chi connectivity index (χ0) is 9.97. The van der Waals surface area contributed by atoms with Crippen LogP contribution >= 0.6 is 12.4 Å². The molecule has 2 N–H and O–H groups in total. The number of hydrogen-bond acceptors (Lipinski definition) is 2. The topological polar surface area (TPSA) is 44.9 Å². The molecule has 0 unspecified atom stereocenters. The van der Waals surface area contributed by atoms with Crippen molar-refractivity contribution in [2.24, 2.45) is 5.92 Å². The maximum Gasteiger partial charge on any atom is 0.247 e. The van der Waals surface area contributed by atoms with Crippen molar-refractivity contribution < 1.29 is 0 Å². The highest BCUT2D eigenvalue weighted by molar-refractivity contribution is 5.85. The molecule has 2 rings (SSSR count). The van der Waals surface area contributed by atoms with E-state index in [1.807, 2.05) is 12.3 Å². The summed E-state index contributed by atoms with van der Waals surface area (Å²) in [5, 5.41) is 3.37. The third kappa shape index (κ3) is 2.83. The van der Waals surface area contributed by atoms with E-state index in [9.17, 15) is 4.79 Å². The molecule has 0 saturated carbocycles. The molecule has 3 nitrogen and oxygen atoms in total. The lowest BCUT2D eigenvalue weighted by Gasteiger charge is -2.29. The summed E-state index contributed by atoms with van der Waals surface area (Å²) in [5.74, 6) is 1.24. The summed E-state index contributed by atoms with van der Waals surface area (Å²) in [7, 11) is 0. The third-order valence-electron chi connectivity index (χ3n) is 3.02. The molecule has 2 atom stereocenters. The highest BCUT2D eigenvalue weighted by Crippen LogP contribution is 2.28. The van der Waals surface area contributed by atoms with Crippen molar-refractivity contribution in [3.8, 4) is 0 Å². The van der Waals surface area contributed by atoms with Gasteiger partial charge in [-0.2, -0.15) is 0 Å². The highest BCUT2D eigenvalue weighted by Gasteiger charge is 2.22. The average Bonchev–Trinajstić information content (AvgIpc) is 2.20. The summed E-state index contributed by atoms with van der Waals surface area (Å²) < 4.78 is 0. The number of halogens is 1. The number of nitrogens with one attached hydrogen (secondary N) is 2. The molecule has 1 saturated heterocycles. The van der Waals surface area contributed by atoms with Gasteiger partial charge < -0.3 is 10.3 Å². The number of pyridine rings is 1. The Morgan fingerprint density at radius 2 is 2.20 bits per heavy atom. The van der Waals surface area contributed by atoms with Crippen molar-refractivity contribution in [2.45, 2.75) is 19.3 Å². The van der Waals surface area contributed by atoms with Gasteiger partial charge in [-0.15, -0.1) is 12.4 Å². The van der Waals surface area contributed by atoms with Gasteiger partial charge in [-0.25, -0.2) is 0 Å². The van der Waals surface area contributed by atoms with Gasteiger partial charge in [0, 0.05) is 12.3 Å². The Morgan fingerprint density at radius 3 is 2.80 bits per heavy atom. The number of rotatable bonds is 1. The van der Waals surface area contributed by atoms with Gasteiger partial charge >= 0.3 is 0 Å². The predicted octanol–water partition coefficient (Wildman–Crippen LogP) is 1.51. The first-order valence-corrected chi connectivity index (χ1v) is 5.17. The molecule has 1 aliphatic rings. The van der Waals surface area contributed by atoms with E-state index < -0.39 is 0 Å². The summed E-state index contributed by atoms with van der Waals surface area (Å²) in [5.41, 5.74) is 1.24. The van der Waals surface area contributed by atoms with E-state index >= 15 is 0 Å². The van der Waals surface area contributed by atoms with Crippen molar-refractivity contribution >= 4 is 12.4 Å². The van der Waals surface area contributed by atoms with Crippen molar-refractivity contribution in [1.29, 1.82) is 0 Å². The van der Waals surface area contributed by atoms with E-state index in [1.54, 1.807) is 6.07 Å². The molecular formula is C11H17ClN2O. The highest BCUT2D eigenvalue weighted by atomic mass is 35.5. The van der Waals surface area contributed by atoms with E-state index in [0.29, 0.717) is 11.8 Å². The number of hydrogen-bond donors (Lipinski definition) is 2. The Labute approximate surface area is 95.7 Å². The Kier molecular flexibility index (Phi) is 4.36. The van der Waals surface area contributed by atoms with Crippen LogP contribution in [0.2, 0.25) is 0 Å². The lowest BCUT2D eigenvalue weighted by molar-refractivity contribution is 0.349. The number of piperidine rings is 1. The van der Waals surface area contributed by atoms with Gasteiger partial charge in [0.25, 0.3) is 0 Å². The molecule has 1 fully saturated rings. The van der Waals surface area contributed by atoms with Crippen LogP contribution in [0.15, 0.2) is 23.1 Å². The van der Waals surface area contributed by atoms with Crippen LogP contribution < -0.4 is 10.9 Å². The van der Waals surface area contributed by atoms with Crippen LogP contribution in [0.1, 0.15) is 24.8 Å². The Hall–Kier alpha value is -0.800. The lowest BCUT2D eigenvalue weighted by atomic mass is 9.83. The predicted molar refractivity (Wildman–Crippen MR) is 63.7 cm³/mol. The molecule has 0 radical (unpaired) electrons. The SMILES string of the molecule is C[C@@H]1CNCC[C@H]1c1ccc(=O)[nH]c1.Cl. The van der Waals surface area contributed by atoms with Crippen LogP contribution in [-0.4, -0.2) is 18.1 Å². The van der Waals surface area contributed by atoms with Crippen molar-refractivity contribution in [1.82, 2.24) is 10.3 Å². The smallest absolute Gasteiger partial charge is 0.247 e. The number of H-pyrrole nitrogens is 1. The van der Waals surface area contributed by atoms with E-state index in [2.05, 4.69) is 17.2 Å². The minimum absolute atomic E-state index is 0. The van der Waals surface area contributed by atoms with Crippen LogP contribution in [-0.2, 0) is 0 Å². The summed E-state index contributed by atoms with van der Waals surface area (Å²) in [4.78, 5) is 13.7. The first kappa shape index (κ1) is 12.3. The quantitative estimate of drug-likeness (QED) is 0.766. The van der Waals surface area contributed by atoms with Crippen molar-refractivity contribution in [2.75, 3.05) is 13.1 Å². The van der Waals surface area contributed by atoms with Crippen molar-refractivity contribution in [3.63, 3.8) is 0 Å². The second-order valence-corrected chi connectivity index (χ2v) is 4.06. The standard InChI is InChI=1S/C11H16N2O.ClH/c1-8-6-12-5-4-10(8)9-2-3-11(14)13-7-9;/h2-3,7-8,10,12H,4-6H2,1H3,(H,13,14);1H/t8-,10-;/m1./s1. The van der Waals surface area contributed by atoms with Gasteiger partial charge in [0.1, 0.15) is 0 Å². The van der Waals surface area contributed by atoms with E-state index in [4.69, 9.17) is 0 Å². The first-order valence-electron chi connectivity index (χ1n) is 5.17. The molecule has 0 bridgehead atoms. The van der Waals surface area contributed by atoms with Gasteiger partial charge in [-0.1, -0.05) is 13.0 Å². The lowest BCUT2D eigenvalue weighted by Crippen LogP contribution is -2.33. The molecule has 1 aromatic heterocycles. The molecule has 0 aromatic carbocycles. The molecule has 0 spiro atoms. The van der Waals surface area contributed by atoms with Crippen LogP contribution in [0, 0.1) is 5.92 Å². The molecule has 15 heavy (non-hydrogen) atoms. The van der Waals surface area contributed by atoms with Gasteiger partial charge in [0.2, 0.25) is 5.56 Å². The van der Waals surface area contributed by atoms with Gasteiger partial charge in [-0.05, 0) is 36.9 Å². The number of aromatic nitrogens is 1. The monoisotopic (exact) mass is 228 g/mol. The third-order valence-corrected chi connectivity index (χ3v) is 3.02. The Balaban J connectivity index is 0.00000112. The molecular weight excluding hydrogens is 212 g/mol. The first-order chi connectivity index (χ1) is 6.77. The molecule has 84 valence electrons. The largest absolute Gasteiger partial charge is 0.329 e.